The van der Waals surface area contributed by atoms with Gasteiger partial charge in [-0.05, 0) is 63.6 Å². The zero-order valence-electron chi connectivity index (χ0n) is 17.4. The Labute approximate surface area is 169 Å². The van der Waals surface area contributed by atoms with Crippen molar-refractivity contribution in [1.82, 2.24) is 9.88 Å². The number of aromatic nitrogens is 1. The minimum absolute atomic E-state index is 0.350. The number of esters is 1. The second-order valence-corrected chi connectivity index (χ2v) is 7.25. The third-order valence-electron chi connectivity index (χ3n) is 5.13. The largest absolute Gasteiger partial charge is 0.468 e. The summed E-state index contributed by atoms with van der Waals surface area (Å²) in [6.45, 7) is 7.01. The predicted molar refractivity (Wildman–Crippen MR) is 112 cm³/mol. The molecular weight excluding hydrogens is 356 g/mol. The average Bonchev–Trinajstić information content (AvgIpc) is 2.73. The Balaban J connectivity index is 1.74. The number of rotatable bonds is 13. The molecule has 0 radical (unpaired) electrons. The molecule has 1 aliphatic heterocycles. The van der Waals surface area contributed by atoms with E-state index in [9.17, 15) is 4.79 Å². The summed E-state index contributed by atoms with van der Waals surface area (Å²) in [6.07, 6.45) is 6.04. The normalized spacial score (nSPS) is 14.4. The van der Waals surface area contributed by atoms with E-state index in [0.29, 0.717) is 19.6 Å². The third kappa shape index (κ3) is 7.73. The quantitative estimate of drug-likeness (QED) is 0.392. The lowest BCUT2D eigenvalue weighted by Crippen LogP contribution is -2.38. The summed E-state index contributed by atoms with van der Waals surface area (Å²) in [7, 11) is 1.37. The van der Waals surface area contributed by atoms with Gasteiger partial charge in [-0.15, -0.1) is 0 Å². The molecule has 0 saturated heterocycles. The van der Waals surface area contributed by atoms with Gasteiger partial charge in [-0.1, -0.05) is 6.07 Å². The van der Waals surface area contributed by atoms with Gasteiger partial charge in [0.25, 0.3) is 0 Å². The van der Waals surface area contributed by atoms with Crippen LogP contribution in [0.5, 0.6) is 0 Å². The fourth-order valence-corrected chi connectivity index (χ4v) is 3.41. The summed E-state index contributed by atoms with van der Waals surface area (Å²) < 4.78 is 10.2. The molecule has 0 unspecified atom stereocenters. The monoisotopic (exact) mass is 392 g/mol. The van der Waals surface area contributed by atoms with Gasteiger partial charge in [0.2, 0.25) is 0 Å². The molecule has 2 rings (SSSR count). The van der Waals surface area contributed by atoms with Crippen LogP contribution in [0.4, 0.5) is 5.82 Å². The molecule has 0 amide bonds. The van der Waals surface area contributed by atoms with E-state index >= 15 is 0 Å². The van der Waals surface area contributed by atoms with Crippen LogP contribution in [0.3, 0.4) is 0 Å². The number of hydrogen-bond acceptors (Lipinski definition) is 7. The molecule has 7 heteroatoms. The Kier molecular flexibility index (Phi) is 10.2. The van der Waals surface area contributed by atoms with Crippen LogP contribution in [0.25, 0.3) is 0 Å². The number of fused-ring (bicyclic) bond motifs is 1. The third-order valence-corrected chi connectivity index (χ3v) is 5.13. The Hall–Kier alpha value is -1.70. The maximum atomic E-state index is 11.5. The molecule has 0 saturated carbocycles. The van der Waals surface area contributed by atoms with Crippen LogP contribution in [0.2, 0.25) is 0 Å². The van der Waals surface area contributed by atoms with Gasteiger partial charge in [-0.25, -0.2) is 4.98 Å². The van der Waals surface area contributed by atoms with Gasteiger partial charge in [0, 0.05) is 31.9 Å². The van der Waals surface area contributed by atoms with E-state index in [-0.39, 0.29) is 5.97 Å². The molecule has 0 spiro atoms. The van der Waals surface area contributed by atoms with Crippen LogP contribution in [-0.2, 0) is 27.1 Å². The van der Waals surface area contributed by atoms with Gasteiger partial charge in [-0.2, -0.15) is 0 Å². The van der Waals surface area contributed by atoms with E-state index in [1.807, 2.05) is 6.92 Å². The summed E-state index contributed by atoms with van der Waals surface area (Å²) in [5.74, 6) is 0.718. The number of nitrogens with one attached hydrogen (secondary N) is 1. The van der Waals surface area contributed by atoms with Crippen molar-refractivity contribution in [2.24, 2.45) is 5.73 Å². The highest BCUT2D eigenvalue weighted by Gasteiger charge is 2.15. The van der Waals surface area contributed by atoms with E-state index < -0.39 is 6.04 Å². The first-order chi connectivity index (χ1) is 13.6. The number of nitrogens with two attached hydrogens (primary N) is 1. The first-order valence-electron chi connectivity index (χ1n) is 10.5. The predicted octanol–water partition coefficient (Wildman–Crippen LogP) is 1.99. The highest BCUT2D eigenvalue weighted by atomic mass is 16.5. The van der Waals surface area contributed by atoms with Crippen LogP contribution in [0.15, 0.2) is 12.1 Å². The molecule has 28 heavy (non-hydrogen) atoms. The second-order valence-electron chi connectivity index (χ2n) is 7.25. The lowest BCUT2D eigenvalue weighted by Gasteiger charge is -2.23. The minimum Gasteiger partial charge on any atom is -0.468 e. The summed E-state index contributed by atoms with van der Waals surface area (Å²) in [4.78, 5) is 18.6. The van der Waals surface area contributed by atoms with E-state index in [0.717, 1.165) is 63.4 Å². The molecule has 1 aliphatic rings. The van der Waals surface area contributed by atoms with Crippen molar-refractivity contribution in [1.29, 1.82) is 0 Å². The van der Waals surface area contributed by atoms with Gasteiger partial charge < -0.3 is 25.4 Å². The Morgan fingerprint density at radius 1 is 1.32 bits per heavy atom. The standard InChI is InChI=1S/C21H36N4O3/c1-3-28-16-15-25(14-11-19(22)21(26)27-2)13-5-4-8-18-10-9-17-7-6-12-23-20(17)24-18/h9-10,19H,3-8,11-16,22H2,1-2H3,(H,23,24)/t19-/m0/s1. The maximum Gasteiger partial charge on any atom is 0.322 e. The van der Waals surface area contributed by atoms with Crippen molar-refractivity contribution in [2.75, 3.05) is 51.8 Å². The number of hydrogen-bond donors (Lipinski definition) is 2. The molecule has 0 aliphatic carbocycles. The Morgan fingerprint density at radius 2 is 2.18 bits per heavy atom. The zero-order chi connectivity index (χ0) is 20.2. The first kappa shape index (κ1) is 22.6. The summed E-state index contributed by atoms with van der Waals surface area (Å²) in [6, 6.07) is 3.81. The molecule has 158 valence electrons. The van der Waals surface area contributed by atoms with Crippen molar-refractivity contribution < 1.29 is 14.3 Å². The van der Waals surface area contributed by atoms with E-state index in [1.165, 1.54) is 19.1 Å². The fraction of sp³-hybridized carbons (Fsp3) is 0.714. The molecule has 1 aromatic heterocycles. The van der Waals surface area contributed by atoms with Crippen LogP contribution in [0, 0.1) is 0 Å². The lowest BCUT2D eigenvalue weighted by molar-refractivity contribution is -0.142. The Bertz CT molecular complexity index is 597. The topological polar surface area (TPSA) is 89.7 Å². The summed E-state index contributed by atoms with van der Waals surface area (Å²) in [5, 5.41) is 3.40. The van der Waals surface area contributed by atoms with Crippen LogP contribution >= 0.6 is 0 Å². The zero-order valence-corrected chi connectivity index (χ0v) is 17.4. The lowest BCUT2D eigenvalue weighted by atomic mass is 10.1. The first-order valence-corrected chi connectivity index (χ1v) is 10.5. The number of anilines is 1. The second kappa shape index (κ2) is 12.7. The van der Waals surface area contributed by atoms with Gasteiger partial charge in [0.05, 0.1) is 13.7 Å². The van der Waals surface area contributed by atoms with Gasteiger partial charge in [0.1, 0.15) is 11.9 Å². The summed E-state index contributed by atoms with van der Waals surface area (Å²) in [5.41, 5.74) is 8.36. The van der Waals surface area contributed by atoms with Crippen molar-refractivity contribution in [3.8, 4) is 0 Å². The van der Waals surface area contributed by atoms with Gasteiger partial charge in [-0.3, -0.25) is 4.79 Å². The van der Waals surface area contributed by atoms with Crippen molar-refractivity contribution in [2.45, 2.75) is 51.5 Å². The average molecular weight is 393 g/mol. The number of carbonyl (C=O) groups is 1. The molecule has 2 heterocycles. The van der Waals surface area contributed by atoms with E-state index in [2.05, 4.69) is 22.3 Å². The maximum absolute atomic E-state index is 11.5. The molecule has 3 N–H and O–H groups in total. The van der Waals surface area contributed by atoms with Crippen LogP contribution in [0.1, 0.15) is 43.9 Å². The van der Waals surface area contributed by atoms with Crippen LogP contribution in [-0.4, -0.2) is 68.4 Å². The van der Waals surface area contributed by atoms with Crippen molar-refractivity contribution in [3.05, 3.63) is 23.4 Å². The molecule has 0 bridgehead atoms. The van der Waals surface area contributed by atoms with E-state index in [1.54, 1.807) is 0 Å². The highest BCUT2D eigenvalue weighted by molar-refractivity contribution is 5.75. The molecule has 1 aromatic rings. The van der Waals surface area contributed by atoms with Crippen LogP contribution < -0.4 is 11.1 Å². The number of methoxy groups -OCH3 is 1. The number of nitrogens with zero attached hydrogens (tertiary/aromatic N) is 2. The van der Waals surface area contributed by atoms with E-state index in [4.69, 9.17) is 20.2 Å². The fourth-order valence-electron chi connectivity index (χ4n) is 3.41. The molecule has 0 fully saturated rings. The molecule has 1 atom stereocenters. The molecular formula is C21H36N4O3. The smallest absolute Gasteiger partial charge is 0.322 e. The van der Waals surface area contributed by atoms with Gasteiger partial charge >= 0.3 is 5.97 Å². The number of carbonyl (C=O) groups excluding carboxylic acids is 1. The molecule has 7 nitrogen and oxygen atoms in total. The van der Waals surface area contributed by atoms with Gasteiger partial charge in [0.15, 0.2) is 0 Å². The molecule has 0 aromatic carbocycles. The van der Waals surface area contributed by atoms with Crippen molar-refractivity contribution >= 4 is 11.8 Å². The highest BCUT2D eigenvalue weighted by Crippen LogP contribution is 2.20. The number of pyridine rings is 1. The SMILES string of the molecule is CCOCCN(CCCCc1ccc2c(n1)NCCC2)CC[C@H](N)C(=O)OC. The number of unbranched alkanes of at least 4 members (excludes halogenated alkanes) is 1. The number of ether oxygens (including phenoxy) is 2. The summed E-state index contributed by atoms with van der Waals surface area (Å²) >= 11 is 0. The van der Waals surface area contributed by atoms with Crippen molar-refractivity contribution in [3.63, 3.8) is 0 Å². The number of aryl methyl sites for hydroxylation is 2. The Morgan fingerprint density at radius 3 is 2.96 bits per heavy atom. The minimum atomic E-state index is -0.563.